The van der Waals surface area contributed by atoms with E-state index in [9.17, 15) is 0 Å². The maximum Gasteiger partial charge on any atom is 0.0347 e. The first-order valence-electron chi connectivity index (χ1n) is 7.73. The third kappa shape index (κ3) is 2.87. The first-order chi connectivity index (χ1) is 10.1. The monoisotopic (exact) mass is 280 g/mol. The molecule has 1 fully saturated rings. The summed E-state index contributed by atoms with van der Waals surface area (Å²) in [5, 5.41) is 0. The summed E-state index contributed by atoms with van der Waals surface area (Å²) in [5.74, 6) is 5.91. The Bertz CT molecular complexity index is 594. The van der Waals surface area contributed by atoms with E-state index in [1.807, 2.05) is 0 Å². The minimum absolute atomic E-state index is 0.216. The van der Waals surface area contributed by atoms with Gasteiger partial charge >= 0.3 is 0 Å². The fraction of sp³-hybridized carbons (Fsp3) is 0.368. The zero-order valence-corrected chi connectivity index (χ0v) is 12.9. The highest BCUT2D eigenvalue weighted by molar-refractivity contribution is 5.36. The van der Waals surface area contributed by atoms with Crippen molar-refractivity contribution in [3.63, 3.8) is 0 Å². The lowest BCUT2D eigenvalue weighted by Crippen LogP contribution is -2.45. The Kier molecular flexibility index (Phi) is 3.83. The molecule has 2 aromatic carbocycles. The SMILES string of the molecule is Cc1cc(C)cc(CC(NN)C2(c3ccccc3)CC2)c1. The molecule has 1 aliphatic carbocycles. The standard InChI is InChI=1S/C19H24N2/c1-14-10-15(2)12-16(11-14)13-18(21-20)19(8-9-19)17-6-4-3-5-7-17/h3-7,10-12,18,21H,8-9,13,20H2,1-2H3. The maximum atomic E-state index is 5.91. The molecule has 1 aliphatic rings. The number of nitrogens with one attached hydrogen (secondary N) is 1. The van der Waals surface area contributed by atoms with Crippen molar-refractivity contribution in [1.82, 2.24) is 5.43 Å². The van der Waals surface area contributed by atoms with Gasteiger partial charge in [0.05, 0.1) is 0 Å². The molecule has 2 heteroatoms. The molecule has 110 valence electrons. The Balaban J connectivity index is 1.86. The zero-order valence-electron chi connectivity index (χ0n) is 12.9. The molecule has 2 aromatic rings. The highest BCUT2D eigenvalue weighted by Crippen LogP contribution is 2.51. The Morgan fingerprint density at radius 3 is 2.19 bits per heavy atom. The predicted octanol–water partition coefficient (Wildman–Crippen LogP) is 3.41. The van der Waals surface area contributed by atoms with E-state index in [1.54, 1.807) is 0 Å². The van der Waals surface area contributed by atoms with Crippen LogP contribution in [-0.4, -0.2) is 6.04 Å². The fourth-order valence-electron chi connectivity index (χ4n) is 3.58. The Labute approximate surface area is 127 Å². The summed E-state index contributed by atoms with van der Waals surface area (Å²) >= 11 is 0. The van der Waals surface area contributed by atoms with Gasteiger partial charge in [-0.2, -0.15) is 0 Å². The highest BCUT2D eigenvalue weighted by atomic mass is 15.2. The normalized spacial score (nSPS) is 17.5. The third-order valence-corrected chi connectivity index (χ3v) is 4.73. The van der Waals surface area contributed by atoms with Crippen molar-refractivity contribution in [1.29, 1.82) is 0 Å². The van der Waals surface area contributed by atoms with E-state index in [0.717, 1.165) is 6.42 Å². The largest absolute Gasteiger partial charge is 0.271 e. The van der Waals surface area contributed by atoms with Gasteiger partial charge in [0.25, 0.3) is 0 Å². The second-order valence-electron chi connectivity index (χ2n) is 6.44. The van der Waals surface area contributed by atoms with E-state index in [2.05, 4.69) is 67.8 Å². The second kappa shape index (κ2) is 5.63. The van der Waals surface area contributed by atoms with Gasteiger partial charge < -0.3 is 0 Å². The zero-order chi connectivity index (χ0) is 14.9. The summed E-state index contributed by atoms with van der Waals surface area (Å²) < 4.78 is 0. The molecule has 0 spiro atoms. The topological polar surface area (TPSA) is 38.0 Å². The van der Waals surface area contributed by atoms with Gasteiger partial charge in [-0.05, 0) is 44.2 Å². The van der Waals surface area contributed by atoms with Gasteiger partial charge in [0.15, 0.2) is 0 Å². The molecule has 1 unspecified atom stereocenters. The smallest absolute Gasteiger partial charge is 0.0347 e. The lowest BCUT2D eigenvalue weighted by atomic mass is 9.84. The van der Waals surface area contributed by atoms with Crippen LogP contribution in [0.2, 0.25) is 0 Å². The summed E-state index contributed by atoms with van der Waals surface area (Å²) in [7, 11) is 0. The molecule has 2 nitrogen and oxygen atoms in total. The number of nitrogens with two attached hydrogens (primary N) is 1. The van der Waals surface area contributed by atoms with Crippen LogP contribution in [0.1, 0.15) is 35.1 Å². The van der Waals surface area contributed by atoms with Crippen LogP contribution in [0.5, 0.6) is 0 Å². The second-order valence-corrected chi connectivity index (χ2v) is 6.44. The molecular weight excluding hydrogens is 256 g/mol. The van der Waals surface area contributed by atoms with E-state index in [-0.39, 0.29) is 5.41 Å². The molecule has 0 heterocycles. The molecule has 1 saturated carbocycles. The fourth-order valence-corrected chi connectivity index (χ4v) is 3.58. The number of hydrogen-bond acceptors (Lipinski definition) is 2. The summed E-state index contributed by atoms with van der Waals surface area (Å²) in [6.45, 7) is 4.32. The van der Waals surface area contributed by atoms with Crippen molar-refractivity contribution in [3.05, 3.63) is 70.8 Å². The lowest BCUT2D eigenvalue weighted by Gasteiger charge is -2.27. The minimum atomic E-state index is 0.216. The third-order valence-electron chi connectivity index (χ3n) is 4.73. The minimum Gasteiger partial charge on any atom is -0.271 e. The van der Waals surface area contributed by atoms with Crippen molar-refractivity contribution in [3.8, 4) is 0 Å². The van der Waals surface area contributed by atoms with Crippen LogP contribution < -0.4 is 11.3 Å². The van der Waals surface area contributed by atoms with Gasteiger partial charge in [-0.1, -0.05) is 59.7 Å². The number of hydrazine groups is 1. The Hall–Kier alpha value is -1.64. The van der Waals surface area contributed by atoms with Crippen molar-refractivity contribution in [2.75, 3.05) is 0 Å². The molecule has 0 bridgehead atoms. The quantitative estimate of drug-likeness (QED) is 0.650. The first kappa shape index (κ1) is 14.3. The highest BCUT2D eigenvalue weighted by Gasteiger charge is 2.50. The Morgan fingerprint density at radius 1 is 1.05 bits per heavy atom. The van der Waals surface area contributed by atoms with Crippen LogP contribution in [0, 0.1) is 13.8 Å². The van der Waals surface area contributed by atoms with Crippen LogP contribution in [0.4, 0.5) is 0 Å². The number of aryl methyl sites for hydroxylation is 2. The van der Waals surface area contributed by atoms with Gasteiger partial charge in [0.1, 0.15) is 0 Å². The van der Waals surface area contributed by atoms with Crippen LogP contribution >= 0.6 is 0 Å². The van der Waals surface area contributed by atoms with Crippen LogP contribution in [0.15, 0.2) is 48.5 Å². The van der Waals surface area contributed by atoms with E-state index < -0.39 is 0 Å². The van der Waals surface area contributed by atoms with Gasteiger partial charge in [0, 0.05) is 11.5 Å². The summed E-state index contributed by atoms with van der Waals surface area (Å²) in [6, 6.07) is 17.9. The number of rotatable bonds is 5. The van der Waals surface area contributed by atoms with E-state index in [0.29, 0.717) is 6.04 Å². The molecule has 0 aliphatic heterocycles. The van der Waals surface area contributed by atoms with Crippen molar-refractivity contribution in [2.24, 2.45) is 5.84 Å². The molecule has 1 atom stereocenters. The van der Waals surface area contributed by atoms with E-state index in [1.165, 1.54) is 35.1 Å². The molecule has 21 heavy (non-hydrogen) atoms. The van der Waals surface area contributed by atoms with Gasteiger partial charge in [-0.15, -0.1) is 0 Å². The van der Waals surface area contributed by atoms with Crippen molar-refractivity contribution in [2.45, 2.75) is 44.6 Å². The van der Waals surface area contributed by atoms with Crippen LogP contribution in [0.25, 0.3) is 0 Å². The summed E-state index contributed by atoms with van der Waals surface area (Å²) in [4.78, 5) is 0. The Morgan fingerprint density at radius 2 is 1.67 bits per heavy atom. The molecule has 0 amide bonds. The molecule has 3 rings (SSSR count). The van der Waals surface area contributed by atoms with Gasteiger partial charge in [-0.3, -0.25) is 11.3 Å². The molecule has 0 saturated heterocycles. The number of benzene rings is 2. The molecule has 0 radical (unpaired) electrons. The molecule has 0 aromatic heterocycles. The average Bonchev–Trinajstić information content (AvgIpc) is 3.26. The van der Waals surface area contributed by atoms with Crippen molar-refractivity contribution < 1.29 is 0 Å². The first-order valence-corrected chi connectivity index (χ1v) is 7.73. The number of hydrogen-bond donors (Lipinski definition) is 2. The summed E-state index contributed by atoms with van der Waals surface area (Å²) in [6.07, 6.45) is 3.42. The van der Waals surface area contributed by atoms with E-state index in [4.69, 9.17) is 5.84 Å². The molecular formula is C19H24N2. The lowest BCUT2D eigenvalue weighted by molar-refractivity contribution is 0.420. The maximum absolute atomic E-state index is 5.91. The van der Waals surface area contributed by atoms with Crippen LogP contribution in [0.3, 0.4) is 0 Å². The van der Waals surface area contributed by atoms with Crippen molar-refractivity contribution >= 4 is 0 Å². The van der Waals surface area contributed by atoms with Crippen LogP contribution in [-0.2, 0) is 11.8 Å². The van der Waals surface area contributed by atoms with E-state index >= 15 is 0 Å². The average molecular weight is 280 g/mol. The summed E-state index contributed by atoms with van der Waals surface area (Å²) in [5.41, 5.74) is 8.74. The molecule has 3 N–H and O–H groups in total. The van der Waals surface area contributed by atoms with Gasteiger partial charge in [0.2, 0.25) is 0 Å². The predicted molar refractivity (Wildman–Crippen MR) is 88.1 cm³/mol. The van der Waals surface area contributed by atoms with Gasteiger partial charge in [-0.25, -0.2) is 0 Å².